The predicted octanol–water partition coefficient (Wildman–Crippen LogP) is 5.32. The van der Waals surface area contributed by atoms with E-state index in [4.69, 9.17) is 0 Å². The molecule has 4 saturated carbocycles. The highest BCUT2D eigenvalue weighted by molar-refractivity contribution is 9.10. The molecule has 1 N–H and O–H groups in total. The normalized spacial score (nSPS) is 28.5. The maximum atomic E-state index is 12.7. The second kappa shape index (κ2) is 8.17. The van der Waals surface area contributed by atoms with Crippen LogP contribution in [0.1, 0.15) is 44.1 Å². The smallest absolute Gasteiger partial charge is 0.245 e. The summed E-state index contributed by atoms with van der Waals surface area (Å²) in [4.78, 5) is 12.7. The molecule has 7 heteroatoms. The molecule has 0 saturated heterocycles. The fourth-order valence-corrected chi connectivity index (χ4v) is 7.83. The SMILES string of the molecule is CS(=O)(=O)N(CC(=O)Nc1ccc(C23CC4CC(CC(C4)C2)C3)cc1)c1ccc(Br)cc1. The van der Waals surface area contributed by atoms with Crippen molar-refractivity contribution in [3.05, 3.63) is 58.6 Å². The Bertz CT molecular complexity index is 1080. The Morgan fingerprint density at radius 2 is 1.50 bits per heavy atom. The largest absolute Gasteiger partial charge is 0.325 e. The molecule has 5 nitrogen and oxygen atoms in total. The van der Waals surface area contributed by atoms with Gasteiger partial charge >= 0.3 is 0 Å². The van der Waals surface area contributed by atoms with Gasteiger partial charge in [-0.3, -0.25) is 9.10 Å². The van der Waals surface area contributed by atoms with E-state index < -0.39 is 10.0 Å². The van der Waals surface area contributed by atoms with Crippen molar-refractivity contribution >= 4 is 43.2 Å². The average Bonchev–Trinajstić information content (AvgIpc) is 2.71. The quantitative estimate of drug-likeness (QED) is 0.564. The van der Waals surface area contributed by atoms with E-state index in [0.717, 1.165) is 32.8 Å². The van der Waals surface area contributed by atoms with Gasteiger partial charge in [-0.25, -0.2) is 8.42 Å². The van der Waals surface area contributed by atoms with Crippen molar-refractivity contribution in [3.63, 3.8) is 0 Å². The summed E-state index contributed by atoms with van der Waals surface area (Å²) >= 11 is 3.35. The molecule has 32 heavy (non-hydrogen) atoms. The zero-order valence-electron chi connectivity index (χ0n) is 18.3. The monoisotopic (exact) mass is 516 g/mol. The van der Waals surface area contributed by atoms with Gasteiger partial charge in [-0.1, -0.05) is 28.1 Å². The van der Waals surface area contributed by atoms with Crippen molar-refractivity contribution in [2.75, 3.05) is 22.4 Å². The zero-order valence-corrected chi connectivity index (χ0v) is 20.7. The summed E-state index contributed by atoms with van der Waals surface area (Å²) in [5.74, 6) is 2.31. The lowest BCUT2D eigenvalue weighted by Gasteiger charge is -2.57. The highest BCUT2D eigenvalue weighted by Gasteiger charge is 2.51. The summed E-state index contributed by atoms with van der Waals surface area (Å²) in [6, 6.07) is 15.2. The second-order valence-electron chi connectivity index (χ2n) is 10.1. The number of nitrogens with one attached hydrogen (secondary N) is 1. The van der Waals surface area contributed by atoms with Crippen molar-refractivity contribution in [1.29, 1.82) is 0 Å². The molecule has 0 atom stereocenters. The third-order valence-corrected chi connectivity index (χ3v) is 9.29. The van der Waals surface area contributed by atoms with Crippen molar-refractivity contribution < 1.29 is 13.2 Å². The fraction of sp³-hybridized carbons (Fsp3) is 0.480. The number of hydrogen-bond donors (Lipinski definition) is 1. The summed E-state index contributed by atoms with van der Waals surface area (Å²) in [5.41, 5.74) is 2.89. The van der Waals surface area contributed by atoms with Crippen LogP contribution >= 0.6 is 15.9 Å². The Balaban J connectivity index is 1.28. The Morgan fingerprint density at radius 1 is 0.969 bits per heavy atom. The van der Waals surface area contributed by atoms with Crippen LogP contribution in [0.15, 0.2) is 53.0 Å². The number of carbonyl (C=O) groups is 1. The number of carbonyl (C=O) groups excluding carboxylic acids is 1. The van der Waals surface area contributed by atoms with Gasteiger partial charge in [0.2, 0.25) is 15.9 Å². The first-order valence-corrected chi connectivity index (χ1v) is 14.0. The van der Waals surface area contributed by atoms with E-state index in [1.54, 1.807) is 24.3 Å². The maximum Gasteiger partial charge on any atom is 0.245 e. The van der Waals surface area contributed by atoms with E-state index in [0.29, 0.717) is 16.8 Å². The molecule has 170 valence electrons. The number of anilines is 2. The van der Waals surface area contributed by atoms with E-state index in [9.17, 15) is 13.2 Å². The molecule has 0 aliphatic heterocycles. The molecule has 0 radical (unpaired) electrons. The number of rotatable bonds is 6. The van der Waals surface area contributed by atoms with Crippen LogP contribution in [-0.2, 0) is 20.2 Å². The lowest BCUT2D eigenvalue weighted by molar-refractivity contribution is -0.114. The first kappa shape index (κ1) is 22.0. The molecule has 0 heterocycles. The third kappa shape index (κ3) is 4.34. The van der Waals surface area contributed by atoms with Crippen LogP contribution in [0.4, 0.5) is 11.4 Å². The van der Waals surface area contributed by atoms with Gasteiger partial charge in [0.25, 0.3) is 0 Å². The molecule has 0 unspecified atom stereocenters. The summed E-state index contributed by atoms with van der Waals surface area (Å²) in [6.07, 6.45) is 9.29. The van der Waals surface area contributed by atoms with Crippen LogP contribution in [0.2, 0.25) is 0 Å². The molecular formula is C25H29BrN2O3S. The number of sulfonamides is 1. The number of hydrogen-bond acceptors (Lipinski definition) is 3. The van der Waals surface area contributed by atoms with Crippen molar-refractivity contribution in [3.8, 4) is 0 Å². The van der Waals surface area contributed by atoms with Crippen molar-refractivity contribution in [2.45, 2.75) is 43.9 Å². The van der Waals surface area contributed by atoms with Gasteiger partial charge in [0.05, 0.1) is 11.9 Å². The van der Waals surface area contributed by atoms with E-state index in [1.807, 2.05) is 12.1 Å². The number of halogens is 1. The number of amides is 1. The fourth-order valence-electron chi connectivity index (χ4n) is 6.71. The molecule has 0 spiro atoms. The first-order valence-electron chi connectivity index (χ1n) is 11.3. The van der Waals surface area contributed by atoms with Crippen molar-refractivity contribution in [1.82, 2.24) is 0 Å². The minimum Gasteiger partial charge on any atom is -0.325 e. The summed E-state index contributed by atoms with van der Waals surface area (Å²) < 4.78 is 26.5. The lowest BCUT2D eigenvalue weighted by atomic mass is 9.48. The van der Waals surface area contributed by atoms with Crippen LogP contribution in [-0.4, -0.2) is 27.1 Å². The van der Waals surface area contributed by atoms with Gasteiger partial charge < -0.3 is 5.32 Å². The molecule has 0 aromatic heterocycles. The Morgan fingerprint density at radius 3 is 2.00 bits per heavy atom. The van der Waals surface area contributed by atoms with Gasteiger partial charge in [0.15, 0.2) is 0 Å². The number of nitrogens with zero attached hydrogens (tertiary/aromatic N) is 1. The molecular weight excluding hydrogens is 488 g/mol. The number of benzene rings is 2. The van der Waals surface area contributed by atoms with Gasteiger partial charge in [0.1, 0.15) is 6.54 Å². The van der Waals surface area contributed by atoms with Crippen LogP contribution in [0.25, 0.3) is 0 Å². The van der Waals surface area contributed by atoms with Crippen molar-refractivity contribution in [2.24, 2.45) is 17.8 Å². The summed E-state index contributed by atoms with van der Waals surface area (Å²) in [6.45, 7) is -0.267. The minimum atomic E-state index is -3.59. The van der Waals surface area contributed by atoms with Gasteiger partial charge in [-0.2, -0.15) is 0 Å². The topological polar surface area (TPSA) is 66.5 Å². The van der Waals surface area contributed by atoms with E-state index in [2.05, 4.69) is 33.4 Å². The third-order valence-electron chi connectivity index (χ3n) is 7.62. The van der Waals surface area contributed by atoms with Gasteiger partial charge in [-0.15, -0.1) is 0 Å². The summed E-state index contributed by atoms with van der Waals surface area (Å²) in [7, 11) is -3.59. The average molecular weight is 517 g/mol. The first-order chi connectivity index (χ1) is 15.2. The molecule has 4 aliphatic rings. The Hall–Kier alpha value is -1.86. The highest BCUT2D eigenvalue weighted by atomic mass is 79.9. The lowest BCUT2D eigenvalue weighted by Crippen LogP contribution is -2.48. The van der Waals surface area contributed by atoms with Crippen LogP contribution in [0.3, 0.4) is 0 Å². The van der Waals surface area contributed by atoms with E-state index in [1.165, 1.54) is 44.1 Å². The molecule has 2 aromatic rings. The predicted molar refractivity (Wildman–Crippen MR) is 131 cm³/mol. The Kier molecular flexibility index (Phi) is 5.61. The minimum absolute atomic E-state index is 0.267. The molecule has 4 aliphatic carbocycles. The van der Waals surface area contributed by atoms with Crippen LogP contribution in [0.5, 0.6) is 0 Å². The van der Waals surface area contributed by atoms with E-state index >= 15 is 0 Å². The molecule has 1 amide bonds. The van der Waals surface area contributed by atoms with Gasteiger partial charge in [-0.05, 0) is 104 Å². The van der Waals surface area contributed by atoms with Crippen LogP contribution < -0.4 is 9.62 Å². The highest BCUT2D eigenvalue weighted by Crippen LogP contribution is 2.60. The molecule has 4 bridgehead atoms. The molecule has 4 fully saturated rings. The van der Waals surface area contributed by atoms with Crippen LogP contribution in [0, 0.1) is 17.8 Å². The Labute approximate surface area is 198 Å². The zero-order chi connectivity index (χ0) is 22.5. The van der Waals surface area contributed by atoms with Gasteiger partial charge in [0, 0.05) is 10.2 Å². The molecule has 2 aromatic carbocycles. The maximum absolute atomic E-state index is 12.7. The standard InChI is InChI=1S/C25H29BrN2O3S/c1-32(30,31)28(23-8-4-21(26)5-9-23)16-24(29)27-22-6-2-20(3-7-22)25-13-17-10-18(14-25)12-19(11-17)15-25/h2-9,17-19H,10-16H2,1H3,(H,27,29). The van der Waals surface area contributed by atoms with E-state index in [-0.39, 0.29) is 12.5 Å². The second-order valence-corrected chi connectivity index (χ2v) is 12.9. The summed E-state index contributed by atoms with van der Waals surface area (Å²) in [5, 5.41) is 2.87. The molecule has 6 rings (SSSR count).